The van der Waals surface area contributed by atoms with E-state index in [-0.39, 0.29) is 18.0 Å². The van der Waals surface area contributed by atoms with Crippen LogP contribution in [0.5, 0.6) is 0 Å². The lowest BCUT2D eigenvalue weighted by atomic mass is 9.93. The van der Waals surface area contributed by atoms with Gasteiger partial charge in [-0.2, -0.15) is 5.10 Å². The Balaban J connectivity index is 1.93. The molecule has 1 heterocycles. The Hall–Kier alpha value is -1.86. The van der Waals surface area contributed by atoms with Crippen molar-refractivity contribution in [1.29, 1.82) is 0 Å². The van der Waals surface area contributed by atoms with Gasteiger partial charge in [0.15, 0.2) is 0 Å². The molecule has 1 aliphatic carbocycles. The molecular weight excluding hydrogens is 302 g/mol. The van der Waals surface area contributed by atoms with E-state index in [1.807, 2.05) is 6.07 Å². The molecule has 0 saturated heterocycles. The van der Waals surface area contributed by atoms with E-state index < -0.39 is 10.0 Å². The summed E-state index contributed by atoms with van der Waals surface area (Å²) in [4.78, 5) is 0.164. The van der Waals surface area contributed by atoms with E-state index in [0.717, 1.165) is 19.3 Å². The lowest BCUT2D eigenvalue weighted by Crippen LogP contribution is -2.33. The van der Waals surface area contributed by atoms with Gasteiger partial charge >= 0.3 is 0 Å². The summed E-state index contributed by atoms with van der Waals surface area (Å²) in [5, 5.41) is 13.4. The summed E-state index contributed by atoms with van der Waals surface area (Å²) in [6.07, 6.45) is 6.22. The van der Waals surface area contributed by atoms with Gasteiger partial charge in [-0.15, -0.1) is 0 Å². The predicted molar refractivity (Wildman–Crippen MR) is 83.2 cm³/mol. The number of hydrogen-bond acceptors (Lipinski definition) is 4. The van der Waals surface area contributed by atoms with Crippen LogP contribution >= 0.6 is 0 Å². The van der Waals surface area contributed by atoms with E-state index in [1.165, 1.54) is 10.5 Å². The van der Waals surface area contributed by atoms with Crippen molar-refractivity contribution in [3.8, 4) is 0 Å². The third-order valence-electron chi connectivity index (χ3n) is 3.96. The van der Waals surface area contributed by atoms with E-state index in [0.29, 0.717) is 11.7 Å². The van der Waals surface area contributed by atoms with E-state index in [1.54, 1.807) is 35.1 Å². The smallest absolute Gasteiger partial charge is 0.267 e. The molecule has 0 atom stereocenters. The first-order valence-corrected chi connectivity index (χ1v) is 8.80. The molecule has 0 aliphatic heterocycles. The number of hydrogen-bond donors (Lipinski definition) is 1. The Morgan fingerprint density at radius 2 is 2.00 bits per heavy atom. The number of rotatable bonds is 6. The molecule has 7 heteroatoms. The molecule has 1 aromatic carbocycles. The highest BCUT2D eigenvalue weighted by molar-refractivity contribution is 7.92. The average Bonchev–Trinajstić information content (AvgIpc) is 2.94. The summed E-state index contributed by atoms with van der Waals surface area (Å²) in [5.41, 5.74) is 0.535. The molecule has 1 aromatic heterocycles. The highest BCUT2D eigenvalue weighted by atomic mass is 32.2. The first-order valence-electron chi connectivity index (χ1n) is 7.36. The zero-order valence-electron chi connectivity index (χ0n) is 12.2. The number of aliphatic hydroxyl groups excluding tert-OH is 1. The summed E-state index contributed by atoms with van der Waals surface area (Å²) in [5.74, 6) is 0. The van der Waals surface area contributed by atoms with E-state index >= 15 is 0 Å². The second-order valence-corrected chi connectivity index (χ2v) is 7.24. The SMILES string of the molecule is O=S(=O)(c1cnn(C2CCC2)c1)N(CCO)c1ccccc1. The van der Waals surface area contributed by atoms with Crippen molar-refractivity contribution in [2.75, 3.05) is 17.5 Å². The van der Waals surface area contributed by atoms with Crippen LogP contribution in [0.4, 0.5) is 5.69 Å². The number of aromatic nitrogens is 2. The topological polar surface area (TPSA) is 75.4 Å². The van der Waals surface area contributed by atoms with E-state index in [9.17, 15) is 13.5 Å². The first kappa shape index (κ1) is 15.1. The molecule has 2 aromatic rings. The van der Waals surface area contributed by atoms with Gasteiger partial charge in [0.2, 0.25) is 0 Å². The first-order chi connectivity index (χ1) is 10.6. The molecule has 1 fully saturated rings. The third kappa shape index (κ3) is 2.74. The molecule has 0 radical (unpaired) electrons. The molecule has 0 spiro atoms. The molecular formula is C15H19N3O3S. The standard InChI is InChI=1S/C15H19N3O3S/c19-10-9-18(14-5-2-1-3-6-14)22(20,21)15-11-16-17(12-15)13-7-4-8-13/h1-3,5-6,11-13,19H,4,7-10H2. The lowest BCUT2D eigenvalue weighted by molar-refractivity contribution is 0.289. The number of anilines is 1. The zero-order valence-corrected chi connectivity index (χ0v) is 13.0. The van der Waals surface area contributed by atoms with Crippen molar-refractivity contribution < 1.29 is 13.5 Å². The van der Waals surface area contributed by atoms with Crippen LogP contribution in [-0.2, 0) is 10.0 Å². The number of sulfonamides is 1. The van der Waals surface area contributed by atoms with E-state index in [4.69, 9.17) is 0 Å². The van der Waals surface area contributed by atoms with Crippen molar-refractivity contribution in [3.63, 3.8) is 0 Å². The minimum atomic E-state index is -3.72. The summed E-state index contributed by atoms with van der Waals surface area (Å²) in [6, 6.07) is 9.10. The van der Waals surface area contributed by atoms with Gasteiger partial charge in [-0.05, 0) is 31.4 Å². The quantitative estimate of drug-likeness (QED) is 0.880. The maximum Gasteiger partial charge on any atom is 0.267 e. The number of nitrogens with zero attached hydrogens (tertiary/aromatic N) is 3. The number of benzene rings is 1. The van der Waals surface area contributed by atoms with Crippen molar-refractivity contribution in [3.05, 3.63) is 42.7 Å². The molecule has 6 nitrogen and oxygen atoms in total. The van der Waals surface area contributed by atoms with Crippen LogP contribution in [0.1, 0.15) is 25.3 Å². The van der Waals surface area contributed by atoms with Gasteiger partial charge in [0.25, 0.3) is 10.0 Å². The lowest BCUT2D eigenvalue weighted by Gasteiger charge is -2.25. The monoisotopic (exact) mass is 321 g/mol. The Morgan fingerprint density at radius 1 is 1.27 bits per heavy atom. The minimum Gasteiger partial charge on any atom is -0.394 e. The number of aliphatic hydroxyl groups is 1. The van der Waals surface area contributed by atoms with Crippen molar-refractivity contribution in [1.82, 2.24) is 9.78 Å². The fraction of sp³-hybridized carbons (Fsp3) is 0.400. The van der Waals surface area contributed by atoms with Crippen LogP contribution in [0, 0.1) is 0 Å². The Labute approximate surface area is 130 Å². The summed E-state index contributed by atoms with van der Waals surface area (Å²) in [7, 11) is -3.72. The van der Waals surface area contributed by atoms with Crippen molar-refractivity contribution >= 4 is 15.7 Å². The van der Waals surface area contributed by atoms with Crippen LogP contribution < -0.4 is 4.31 Å². The normalized spacial score (nSPS) is 15.5. The summed E-state index contributed by atoms with van der Waals surface area (Å²) >= 11 is 0. The molecule has 1 aliphatic rings. The largest absolute Gasteiger partial charge is 0.394 e. The molecule has 0 unspecified atom stereocenters. The van der Waals surface area contributed by atoms with Crippen LogP contribution in [0.15, 0.2) is 47.6 Å². The Bertz CT molecular complexity index is 724. The summed E-state index contributed by atoms with van der Waals surface area (Å²) < 4.78 is 28.6. The van der Waals surface area contributed by atoms with E-state index in [2.05, 4.69) is 5.10 Å². The molecule has 1 N–H and O–H groups in total. The third-order valence-corrected chi connectivity index (χ3v) is 5.74. The van der Waals surface area contributed by atoms with Crippen molar-refractivity contribution in [2.45, 2.75) is 30.2 Å². The Kier molecular flexibility index (Phi) is 4.17. The van der Waals surface area contributed by atoms with Crippen molar-refractivity contribution in [2.24, 2.45) is 0 Å². The highest BCUT2D eigenvalue weighted by Crippen LogP contribution is 2.32. The molecule has 118 valence electrons. The highest BCUT2D eigenvalue weighted by Gasteiger charge is 2.28. The molecule has 0 bridgehead atoms. The minimum absolute atomic E-state index is 0.0148. The van der Waals surface area contributed by atoms with Gasteiger partial charge in [0, 0.05) is 6.20 Å². The van der Waals surface area contributed by atoms with Gasteiger partial charge in [-0.3, -0.25) is 8.99 Å². The second kappa shape index (κ2) is 6.10. The van der Waals surface area contributed by atoms with Crippen LogP contribution in [0.3, 0.4) is 0 Å². The number of para-hydroxylation sites is 1. The zero-order chi connectivity index (χ0) is 15.6. The molecule has 22 heavy (non-hydrogen) atoms. The van der Waals surface area contributed by atoms with Gasteiger partial charge in [0.1, 0.15) is 4.90 Å². The molecule has 0 amide bonds. The maximum absolute atomic E-state index is 12.8. The molecule has 1 saturated carbocycles. The maximum atomic E-state index is 12.8. The van der Waals surface area contributed by atoms with Crippen LogP contribution in [0.25, 0.3) is 0 Å². The van der Waals surface area contributed by atoms with Gasteiger partial charge < -0.3 is 5.11 Å². The fourth-order valence-electron chi connectivity index (χ4n) is 2.51. The van der Waals surface area contributed by atoms with Gasteiger partial charge in [-0.1, -0.05) is 18.2 Å². The summed E-state index contributed by atoms with van der Waals surface area (Å²) in [6.45, 7) is -0.230. The average molecular weight is 321 g/mol. The Morgan fingerprint density at radius 3 is 2.59 bits per heavy atom. The van der Waals surface area contributed by atoms with Crippen LogP contribution in [-0.4, -0.2) is 36.5 Å². The fourth-order valence-corrected chi connectivity index (χ4v) is 3.90. The molecule has 3 rings (SSSR count). The van der Waals surface area contributed by atoms with Gasteiger partial charge in [-0.25, -0.2) is 8.42 Å². The van der Waals surface area contributed by atoms with Crippen LogP contribution in [0.2, 0.25) is 0 Å². The second-order valence-electron chi connectivity index (χ2n) is 5.38. The van der Waals surface area contributed by atoms with Gasteiger partial charge in [0.05, 0.1) is 31.1 Å². The predicted octanol–water partition coefficient (Wildman–Crippen LogP) is 1.80.